The molecule has 3 amide bonds. The Bertz CT molecular complexity index is 640. The van der Waals surface area contributed by atoms with Gasteiger partial charge in [0.05, 0.1) is 6.07 Å². The maximum absolute atomic E-state index is 12.9. The van der Waals surface area contributed by atoms with Crippen molar-refractivity contribution in [3.63, 3.8) is 0 Å². The second-order valence-corrected chi connectivity index (χ2v) is 5.24. The van der Waals surface area contributed by atoms with E-state index in [0.717, 1.165) is 0 Å². The molecule has 2 atom stereocenters. The molecular weight excluding hydrogens is 315 g/mol. The largest absolute Gasteiger partial charge is 0.368 e. The molecule has 0 saturated carbocycles. The average Bonchev–Trinajstić information content (AvgIpc) is 2.52. The Labute approximate surface area is 139 Å². The predicted molar refractivity (Wildman–Crippen MR) is 83.7 cm³/mol. The van der Waals surface area contributed by atoms with Crippen molar-refractivity contribution in [1.29, 1.82) is 5.26 Å². The second-order valence-electron chi connectivity index (χ2n) is 5.24. The molecule has 0 aliphatic rings. The summed E-state index contributed by atoms with van der Waals surface area (Å²) < 4.78 is 12.9. The van der Waals surface area contributed by atoms with Gasteiger partial charge in [-0.25, -0.2) is 4.39 Å². The third-order valence-electron chi connectivity index (χ3n) is 3.25. The van der Waals surface area contributed by atoms with Crippen LogP contribution in [0.1, 0.15) is 25.3 Å². The fourth-order valence-corrected chi connectivity index (χ4v) is 2.08. The predicted octanol–water partition coefficient (Wildman–Crippen LogP) is 0.147. The minimum atomic E-state index is -0.998. The van der Waals surface area contributed by atoms with E-state index in [-0.39, 0.29) is 19.3 Å². The van der Waals surface area contributed by atoms with Gasteiger partial charge in [0.15, 0.2) is 0 Å². The number of hydrogen-bond donors (Lipinski definition) is 3. The van der Waals surface area contributed by atoms with Crippen LogP contribution in [-0.2, 0) is 20.8 Å². The summed E-state index contributed by atoms with van der Waals surface area (Å²) in [5.41, 5.74) is 5.84. The Balaban J connectivity index is 2.83. The lowest BCUT2D eigenvalue weighted by atomic mass is 10.0. The van der Waals surface area contributed by atoms with Crippen molar-refractivity contribution >= 4 is 17.7 Å². The van der Waals surface area contributed by atoms with E-state index in [9.17, 15) is 18.8 Å². The molecule has 0 fully saturated rings. The number of carbonyl (C=O) groups is 3. The monoisotopic (exact) mass is 334 g/mol. The first-order chi connectivity index (χ1) is 11.3. The van der Waals surface area contributed by atoms with Gasteiger partial charge in [-0.3, -0.25) is 14.4 Å². The Kier molecular flexibility index (Phi) is 7.36. The normalized spacial score (nSPS) is 12.5. The van der Waals surface area contributed by atoms with Gasteiger partial charge < -0.3 is 16.4 Å². The van der Waals surface area contributed by atoms with E-state index in [2.05, 4.69) is 10.6 Å². The number of benzene rings is 1. The lowest BCUT2D eigenvalue weighted by molar-refractivity contribution is -0.130. The summed E-state index contributed by atoms with van der Waals surface area (Å²) in [7, 11) is 0. The van der Waals surface area contributed by atoms with Crippen molar-refractivity contribution in [2.24, 2.45) is 5.73 Å². The van der Waals surface area contributed by atoms with Crippen molar-refractivity contribution < 1.29 is 18.8 Å². The second kappa shape index (κ2) is 9.25. The summed E-state index contributed by atoms with van der Waals surface area (Å²) in [4.78, 5) is 35.0. The van der Waals surface area contributed by atoms with Crippen LogP contribution >= 0.6 is 0 Å². The fourth-order valence-electron chi connectivity index (χ4n) is 2.08. The van der Waals surface area contributed by atoms with Crippen molar-refractivity contribution in [3.05, 3.63) is 35.6 Å². The highest BCUT2D eigenvalue weighted by Gasteiger charge is 2.25. The maximum atomic E-state index is 12.9. The zero-order valence-corrected chi connectivity index (χ0v) is 13.2. The lowest BCUT2D eigenvalue weighted by Gasteiger charge is -2.21. The summed E-state index contributed by atoms with van der Waals surface area (Å²) in [5.74, 6) is -2.20. The van der Waals surface area contributed by atoms with Gasteiger partial charge in [-0.1, -0.05) is 12.1 Å². The molecule has 4 N–H and O–H groups in total. The lowest BCUT2D eigenvalue weighted by Crippen LogP contribution is -2.53. The van der Waals surface area contributed by atoms with E-state index in [1.54, 1.807) is 0 Å². The summed E-state index contributed by atoms with van der Waals surface area (Å²) in [5, 5.41) is 13.5. The van der Waals surface area contributed by atoms with Crippen LogP contribution in [0.2, 0.25) is 0 Å². The molecule has 0 aromatic heterocycles. The highest BCUT2D eigenvalue weighted by molar-refractivity contribution is 5.91. The molecule has 1 rings (SSSR count). The first-order valence-electron chi connectivity index (χ1n) is 7.31. The topological polar surface area (TPSA) is 125 Å². The van der Waals surface area contributed by atoms with Crippen molar-refractivity contribution in [2.75, 3.05) is 0 Å². The number of amides is 3. The Morgan fingerprint density at radius 3 is 2.33 bits per heavy atom. The zero-order valence-electron chi connectivity index (χ0n) is 13.2. The number of nitriles is 1. The van der Waals surface area contributed by atoms with Gasteiger partial charge in [0.1, 0.15) is 17.9 Å². The van der Waals surface area contributed by atoms with Gasteiger partial charge in [0, 0.05) is 19.8 Å². The number of nitrogens with two attached hydrogens (primary N) is 1. The van der Waals surface area contributed by atoms with E-state index in [1.807, 2.05) is 6.07 Å². The summed E-state index contributed by atoms with van der Waals surface area (Å²) in [6.45, 7) is 1.26. The summed E-state index contributed by atoms with van der Waals surface area (Å²) in [6.07, 6.45) is 0.257. The molecule has 0 unspecified atom stereocenters. The molecule has 0 saturated heterocycles. The number of halogens is 1. The zero-order chi connectivity index (χ0) is 18.1. The minimum absolute atomic E-state index is 0.0522. The van der Waals surface area contributed by atoms with Crippen LogP contribution in [-0.4, -0.2) is 29.8 Å². The molecule has 0 aliphatic heterocycles. The fraction of sp³-hybridized carbons (Fsp3) is 0.375. The highest BCUT2D eigenvalue weighted by atomic mass is 19.1. The van der Waals surface area contributed by atoms with Crippen LogP contribution in [0, 0.1) is 17.1 Å². The molecule has 0 aliphatic carbocycles. The van der Waals surface area contributed by atoms with E-state index in [4.69, 9.17) is 11.0 Å². The number of nitrogens with one attached hydrogen (secondary N) is 2. The number of carbonyl (C=O) groups excluding carboxylic acids is 3. The van der Waals surface area contributed by atoms with Gasteiger partial charge in [-0.2, -0.15) is 5.26 Å². The number of nitrogens with zero attached hydrogens (tertiary/aromatic N) is 1. The first kappa shape index (κ1) is 19.1. The van der Waals surface area contributed by atoms with E-state index in [1.165, 1.54) is 31.2 Å². The third kappa shape index (κ3) is 6.44. The van der Waals surface area contributed by atoms with E-state index < -0.39 is 35.6 Å². The number of rotatable bonds is 8. The van der Waals surface area contributed by atoms with E-state index in [0.29, 0.717) is 5.56 Å². The smallest absolute Gasteiger partial charge is 0.243 e. The summed E-state index contributed by atoms with van der Waals surface area (Å²) >= 11 is 0. The summed E-state index contributed by atoms with van der Waals surface area (Å²) in [6, 6.07) is 5.41. The van der Waals surface area contributed by atoms with Crippen LogP contribution in [0.5, 0.6) is 0 Å². The molecule has 128 valence electrons. The van der Waals surface area contributed by atoms with Crippen LogP contribution < -0.4 is 16.4 Å². The minimum Gasteiger partial charge on any atom is -0.368 e. The molecule has 8 heteroatoms. The molecule has 24 heavy (non-hydrogen) atoms. The first-order valence-corrected chi connectivity index (χ1v) is 7.31. The molecule has 1 aromatic rings. The molecule has 7 nitrogen and oxygen atoms in total. The SMILES string of the molecule is CC(=O)N[C@H](Cc1ccc(F)cc1)C(=O)N[C@H](CCC#N)C(N)=O. The van der Waals surface area contributed by atoms with Crippen LogP contribution in [0.25, 0.3) is 0 Å². The average molecular weight is 334 g/mol. The Morgan fingerprint density at radius 1 is 1.21 bits per heavy atom. The molecular formula is C16H19FN4O3. The highest BCUT2D eigenvalue weighted by Crippen LogP contribution is 2.07. The standard InChI is InChI=1S/C16H19FN4O3/c1-10(22)20-14(9-11-4-6-12(17)7-5-11)16(24)21-13(15(19)23)3-2-8-18/h4-7,13-14H,2-3,9H2,1H3,(H2,19,23)(H,20,22)(H,21,24)/t13-,14-/m1/s1. The maximum Gasteiger partial charge on any atom is 0.243 e. The van der Waals surface area contributed by atoms with Gasteiger partial charge in [0.2, 0.25) is 17.7 Å². The van der Waals surface area contributed by atoms with Gasteiger partial charge in [-0.05, 0) is 24.1 Å². The van der Waals surface area contributed by atoms with Gasteiger partial charge >= 0.3 is 0 Å². The molecule has 0 heterocycles. The Hall–Kier alpha value is -2.95. The third-order valence-corrected chi connectivity index (χ3v) is 3.25. The molecule has 0 radical (unpaired) electrons. The van der Waals surface area contributed by atoms with Crippen molar-refractivity contribution in [2.45, 2.75) is 38.3 Å². The Morgan fingerprint density at radius 2 is 1.83 bits per heavy atom. The molecule has 0 spiro atoms. The van der Waals surface area contributed by atoms with Crippen molar-refractivity contribution in [3.8, 4) is 6.07 Å². The van der Waals surface area contributed by atoms with Crippen LogP contribution in [0.3, 0.4) is 0 Å². The van der Waals surface area contributed by atoms with Crippen molar-refractivity contribution in [1.82, 2.24) is 10.6 Å². The molecule has 0 bridgehead atoms. The number of hydrogen-bond acceptors (Lipinski definition) is 4. The number of primary amides is 1. The van der Waals surface area contributed by atoms with E-state index >= 15 is 0 Å². The quantitative estimate of drug-likeness (QED) is 0.625. The van der Waals surface area contributed by atoms with Gasteiger partial charge in [-0.15, -0.1) is 0 Å². The van der Waals surface area contributed by atoms with Crippen LogP contribution in [0.15, 0.2) is 24.3 Å². The molecule has 1 aromatic carbocycles. The van der Waals surface area contributed by atoms with Crippen LogP contribution in [0.4, 0.5) is 4.39 Å². The van der Waals surface area contributed by atoms with Gasteiger partial charge in [0.25, 0.3) is 0 Å².